The van der Waals surface area contributed by atoms with Crippen molar-refractivity contribution in [3.63, 3.8) is 0 Å². The van der Waals surface area contributed by atoms with Crippen LogP contribution in [-0.4, -0.2) is 48.0 Å². The molecule has 0 aliphatic carbocycles. The first-order chi connectivity index (χ1) is 9.74. The van der Waals surface area contributed by atoms with Crippen molar-refractivity contribution >= 4 is 29.0 Å². The molecule has 3 rings (SSSR count). The van der Waals surface area contributed by atoms with E-state index in [1.165, 1.54) is 6.42 Å². The van der Waals surface area contributed by atoms with E-state index in [1.807, 2.05) is 34.9 Å². The number of rotatable bonds is 2. The molecule has 1 aromatic carbocycles. The third-order valence-electron chi connectivity index (χ3n) is 4.03. The summed E-state index contributed by atoms with van der Waals surface area (Å²) in [5, 5.41) is 0.217. The fourth-order valence-electron chi connectivity index (χ4n) is 2.88. The molecule has 0 spiro atoms. The van der Waals surface area contributed by atoms with Crippen molar-refractivity contribution in [1.82, 2.24) is 4.90 Å². The minimum absolute atomic E-state index is 0.217. The number of thioether (sulfide) groups is 1. The summed E-state index contributed by atoms with van der Waals surface area (Å²) in [5.74, 6) is 1.49. The van der Waals surface area contributed by atoms with Crippen LogP contribution in [0.3, 0.4) is 0 Å². The average Bonchev–Trinajstić information content (AvgIpc) is 3.01. The Morgan fingerprint density at radius 2 is 2.05 bits per heavy atom. The van der Waals surface area contributed by atoms with E-state index >= 15 is 0 Å². The first kappa shape index (κ1) is 13.6. The maximum Gasteiger partial charge on any atom is 0.235 e. The molecule has 2 aliphatic heterocycles. The van der Waals surface area contributed by atoms with Crippen LogP contribution < -0.4 is 10.6 Å². The molecule has 1 atom stereocenters. The zero-order chi connectivity index (χ0) is 13.9. The van der Waals surface area contributed by atoms with Crippen LogP contribution in [-0.2, 0) is 4.79 Å². The van der Waals surface area contributed by atoms with E-state index in [0.717, 1.165) is 49.7 Å². The Labute approximate surface area is 124 Å². The van der Waals surface area contributed by atoms with Crippen molar-refractivity contribution in [2.75, 3.05) is 42.6 Å². The summed E-state index contributed by atoms with van der Waals surface area (Å²) in [5.41, 5.74) is 7.78. The van der Waals surface area contributed by atoms with Gasteiger partial charge in [0.05, 0.1) is 5.25 Å². The minimum Gasteiger partial charge on any atom is -0.399 e. The largest absolute Gasteiger partial charge is 0.399 e. The van der Waals surface area contributed by atoms with Gasteiger partial charge in [0.25, 0.3) is 0 Å². The van der Waals surface area contributed by atoms with Crippen LogP contribution in [0, 0.1) is 0 Å². The number of benzene rings is 1. The Morgan fingerprint density at radius 3 is 2.70 bits per heavy atom. The maximum atomic E-state index is 12.4. The van der Waals surface area contributed by atoms with Crippen molar-refractivity contribution in [2.45, 2.75) is 18.1 Å². The highest BCUT2D eigenvalue weighted by atomic mass is 32.2. The van der Waals surface area contributed by atoms with E-state index < -0.39 is 0 Å². The van der Waals surface area contributed by atoms with Gasteiger partial charge in [-0.25, -0.2) is 0 Å². The second-order valence-corrected chi connectivity index (χ2v) is 6.72. The van der Waals surface area contributed by atoms with Gasteiger partial charge in [-0.2, -0.15) is 0 Å². The molecule has 0 bridgehead atoms. The summed E-state index contributed by atoms with van der Waals surface area (Å²) < 4.78 is 0. The number of hydrogen-bond donors (Lipinski definition) is 1. The highest BCUT2D eigenvalue weighted by molar-refractivity contribution is 8.00. The van der Waals surface area contributed by atoms with Crippen LogP contribution >= 0.6 is 11.8 Å². The van der Waals surface area contributed by atoms with Crippen molar-refractivity contribution in [2.24, 2.45) is 0 Å². The molecule has 1 unspecified atom stereocenters. The quantitative estimate of drug-likeness (QED) is 0.844. The van der Waals surface area contributed by atoms with Crippen molar-refractivity contribution in [3.8, 4) is 0 Å². The number of amides is 1. The normalized spacial score (nSPS) is 23.1. The Balaban J connectivity index is 1.58. The fourth-order valence-corrected chi connectivity index (χ4v) is 4.13. The smallest absolute Gasteiger partial charge is 0.235 e. The SMILES string of the molecule is Nc1cccc(N2CCN(C(=O)C3CCCS3)CC2)c1. The number of nitrogen functional groups attached to an aromatic ring is 1. The number of nitrogens with two attached hydrogens (primary N) is 1. The highest BCUT2D eigenvalue weighted by Crippen LogP contribution is 2.28. The third kappa shape index (κ3) is 2.87. The lowest BCUT2D eigenvalue weighted by Gasteiger charge is -2.37. The predicted octanol–water partition coefficient (Wildman–Crippen LogP) is 1.81. The number of carbonyl (C=O) groups excluding carboxylic acids is 1. The Hall–Kier alpha value is -1.36. The zero-order valence-electron chi connectivity index (χ0n) is 11.6. The summed E-state index contributed by atoms with van der Waals surface area (Å²) in [7, 11) is 0. The number of nitrogens with zero attached hydrogens (tertiary/aromatic N) is 2. The molecule has 5 heteroatoms. The van der Waals surface area contributed by atoms with Gasteiger partial charge in [0, 0.05) is 37.6 Å². The molecule has 1 amide bonds. The topological polar surface area (TPSA) is 49.6 Å². The number of carbonyl (C=O) groups is 1. The van der Waals surface area contributed by atoms with Crippen LogP contribution in [0.1, 0.15) is 12.8 Å². The summed E-state index contributed by atoms with van der Waals surface area (Å²) in [6, 6.07) is 7.98. The lowest BCUT2D eigenvalue weighted by Crippen LogP contribution is -2.50. The van der Waals surface area contributed by atoms with Crippen molar-refractivity contribution in [1.29, 1.82) is 0 Å². The molecule has 0 saturated carbocycles. The van der Waals surface area contributed by atoms with Gasteiger partial charge < -0.3 is 15.5 Å². The highest BCUT2D eigenvalue weighted by Gasteiger charge is 2.29. The first-order valence-electron chi connectivity index (χ1n) is 7.25. The zero-order valence-corrected chi connectivity index (χ0v) is 12.4. The number of hydrogen-bond acceptors (Lipinski definition) is 4. The minimum atomic E-state index is 0.217. The van der Waals surface area contributed by atoms with Crippen LogP contribution in [0.2, 0.25) is 0 Å². The first-order valence-corrected chi connectivity index (χ1v) is 8.30. The van der Waals surface area contributed by atoms with Gasteiger partial charge in [-0.15, -0.1) is 11.8 Å². The summed E-state index contributed by atoms with van der Waals surface area (Å²) >= 11 is 1.82. The molecule has 20 heavy (non-hydrogen) atoms. The molecule has 2 aliphatic rings. The van der Waals surface area contributed by atoms with E-state index in [4.69, 9.17) is 5.73 Å². The number of piperazine rings is 1. The lowest BCUT2D eigenvalue weighted by atomic mass is 10.2. The molecule has 4 nitrogen and oxygen atoms in total. The Morgan fingerprint density at radius 1 is 1.25 bits per heavy atom. The second kappa shape index (κ2) is 5.95. The Kier molecular flexibility index (Phi) is 4.05. The molecule has 2 saturated heterocycles. The molecule has 0 radical (unpaired) electrons. The molecule has 1 aromatic rings. The lowest BCUT2D eigenvalue weighted by molar-refractivity contribution is -0.130. The molecule has 2 heterocycles. The van der Waals surface area contributed by atoms with Gasteiger partial charge in [-0.05, 0) is 36.8 Å². The van der Waals surface area contributed by atoms with Gasteiger partial charge >= 0.3 is 0 Å². The van der Waals surface area contributed by atoms with Gasteiger partial charge in [-0.3, -0.25) is 4.79 Å². The molecular weight excluding hydrogens is 270 g/mol. The summed E-state index contributed by atoms with van der Waals surface area (Å²) in [6.07, 6.45) is 2.24. The van der Waals surface area contributed by atoms with E-state index in [1.54, 1.807) is 0 Å². The van der Waals surface area contributed by atoms with Gasteiger partial charge in [0.1, 0.15) is 0 Å². The Bertz CT molecular complexity index is 480. The third-order valence-corrected chi connectivity index (χ3v) is 5.40. The fraction of sp³-hybridized carbons (Fsp3) is 0.533. The van der Waals surface area contributed by atoms with Crippen LogP contribution in [0.4, 0.5) is 11.4 Å². The van der Waals surface area contributed by atoms with Gasteiger partial charge in [0.2, 0.25) is 5.91 Å². The average molecular weight is 291 g/mol. The number of anilines is 2. The van der Waals surface area contributed by atoms with E-state index in [2.05, 4.69) is 11.0 Å². The van der Waals surface area contributed by atoms with Crippen LogP contribution in [0.25, 0.3) is 0 Å². The van der Waals surface area contributed by atoms with E-state index in [9.17, 15) is 4.79 Å². The van der Waals surface area contributed by atoms with Gasteiger partial charge in [0.15, 0.2) is 0 Å². The van der Waals surface area contributed by atoms with E-state index in [0.29, 0.717) is 5.91 Å². The molecule has 108 valence electrons. The monoisotopic (exact) mass is 291 g/mol. The van der Waals surface area contributed by atoms with Crippen molar-refractivity contribution < 1.29 is 4.79 Å². The second-order valence-electron chi connectivity index (χ2n) is 5.41. The van der Waals surface area contributed by atoms with E-state index in [-0.39, 0.29) is 5.25 Å². The predicted molar refractivity (Wildman–Crippen MR) is 85.1 cm³/mol. The summed E-state index contributed by atoms with van der Waals surface area (Å²) in [4.78, 5) is 16.7. The molecule has 0 aromatic heterocycles. The van der Waals surface area contributed by atoms with Gasteiger partial charge in [-0.1, -0.05) is 6.07 Å². The molecule has 2 N–H and O–H groups in total. The van der Waals surface area contributed by atoms with Crippen molar-refractivity contribution in [3.05, 3.63) is 24.3 Å². The standard InChI is InChI=1S/C15H21N3OS/c16-12-3-1-4-13(11-12)17-6-8-18(9-7-17)15(19)14-5-2-10-20-14/h1,3-4,11,14H,2,5-10,16H2. The van der Waals surface area contributed by atoms with Crippen LogP contribution in [0.5, 0.6) is 0 Å². The molecule has 2 fully saturated rings. The summed E-state index contributed by atoms with van der Waals surface area (Å²) in [6.45, 7) is 3.44. The molecular formula is C15H21N3OS. The van der Waals surface area contributed by atoms with Crippen LogP contribution in [0.15, 0.2) is 24.3 Å². The maximum absolute atomic E-state index is 12.4.